The summed E-state index contributed by atoms with van der Waals surface area (Å²) in [6, 6.07) is 7.09. The molecule has 2 aliphatic rings. The third-order valence-electron chi connectivity index (χ3n) is 3.58. The van der Waals surface area contributed by atoms with Crippen LogP contribution in [-0.4, -0.2) is 31.8 Å². The third kappa shape index (κ3) is 4.27. The van der Waals surface area contributed by atoms with Crippen LogP contribution in [-0.2, 0) is 30.6 Å². The van der Waals surface area contributed by atoms with Gasteiger partial charge in [-0.2, -0.15) is 0 Å². The molecule has 120 valence electrons. The van der Waals surface area contributed by atoms with Crippen molar-refractivity contribution < 1.29 is 28.8 Å². The summed E-state index contributed by atoms with van der Waals surface area (Å²) >= 11 is 0. The van der Waals surface area contributed by atoms with Gasteiger partial charge in [-0.05, 0) is 30.5 Å². The topological polar surface area (TPSA) is 63.2 Å². The van der Waals surface area contributed by atoms with Crippen LogP contribution in [0, 0.1) is 0 Å². The lowest BCUT2D eigenvalue weighted by atomic mass is 10.1. The maximum absolute atomic E-state index is 12.0. The first kappa shape index (κ1) is 15.4. The second-order valence-corrected chi connectivity index (χ2v) is 5.35. The largest absolute Gasteiger partial charge is 0.432 e. The molecular formula is C16H20O6. The van der Waals surface area contributed by atoms with Gasteiger partial charge in [0.2, 0.25) is 6.29 Å². The van der Waals surface area contributed by atoms with Gasteiger partial charge in [-0.15, -0.1) is 0 Å². The third-order valence-corrected chi connectivity index (χ3v) is 3.58. The molecule has 2 saturated heterocycles. The minimum Gasteiger partial charge on any atom is -0.432 e. The van der Waals surface area contributed by atoms with Gasteiger partial charge in [0.25, 0.3) is 0 Å². The highest BCUT2D eigenvalue weighted by Crippen LogP contribution is 2.17. The molecule has 0 aliphatic carbocycles. The molecule has 0 N–H and O–H groups in total. The number of carbonyl (C=O) groups excluding carboxylic acids is 1. The summed E-state index contributed by atoms with van der Waals surface area (Å²) in [4.78, 5) is 22.4. The number of ether oxygens (including phenoxy) is 3. The molecule has 0 saturated carbocycles. The van der Waals surface area contributed by atoms with E-state index in [4.69, 9.17) is 24.0 Å². The number of carbonyl (C=O) groups is 1. The minimum atomic E-state index is -0.421. The zero-order valence-electron chi connectivity index (χ0n) is 12.4. The second kappa shape index (κ2) is 7.69. The molecule has 2 fully saturated rings. The van der Waals surface area contributed by atoms with Gasteiger partial charge in [0.05, 0.1) is 18.8 Å². The number of esters is 1. The molecule has 2 atom stereocenters. The molecule has 0 aromatic heterocycles. The summed E-state index contributed by atoms with van der Waals surface area (Å²) < 4.78 is 15.9. The van der Waals surface area contributed by atoms with Crippen molar-refractivity contribution in [1.29, 1.82) is 0 Å². The van der Waals surface area contributed by atoms with Crippen molar-refractivity contribution in [3.63, 3.8) is 0 Å². The SMILES string of the molecule is O=C(OC1CCCO1)c1cccc(COOC2CCCO2)c1. The van der Waals surface area contributed by atoms with Gasteiger partial charge in [-0.3, -0.25) is 0 Å². The van der Waals surface area contributed by atoms with E-state index in [0.717, 1.165) is 31.2 Å². The van der Waals surface area contributed by atoms with E-state index in [-0.39, 0.29) is 18.9 Å². The minimum absolute atomic E-state index is 0.251. The van der Waals surface area contributed by atoms with E-state index < -0.39 is 6.29 Å². The number of rotatable bonds is 6. The van der Waals surface area contributed by atoms with E-state index in [9.17, 15) is 4.79 Å². The molecule has 2 aliphatic heterocycles. The van der Waals surface area contributed by atoms with Gasteiger partial charge in [0.1, 0.15) is 6.61 Å². The fourth-order valence-electron chi connectivity index (χ4n) is 2.42. The lowest BCUT2D eigenvalue weighted by Gasteiger charge is -2.12. The van der Waals surface area contributed by atoms with Crippen molar-refractivity contribution in [2.24, 2.45) is 0 Å². The lowest BCUT2D eigenvalue weighted by molar-refractivity contribution is -0.376. The molecule has 0 radical (unpaired) electrons. The van der Waals surface area contributed by atoms with E-state index in [1.54, 1.807) is 18.2 Å². The fourth-order valence-corrected chi connectivity index (χ4v) is 2.42. The van der Waals surface area contributed by atoms with Crippen molar-refractivity contribution in [2.45, 2.75) is 44.9 Å². The van der Waals surface area contributed by atoms with Crippen LogP contribution in [0.25, 0.3) is 0 Å². The van der Waals surface area contributed by atoms with Gasteiger partial charge >= 0.3 is 5.97 Å². The highest BCUT2D eigenvalue weighted by Gasteiger charge is 2.21. The Labute approximate surface area is 129 Å². The van der Waals surface area contributed by atoms with Crippen molar-refractivity contribution >= 4 is 5.97 Å². The van der Waals surface area contributed by atoms with Gasteiger partial charge in [0, 0.05) is 12.8 Å². The van der Waals surface area contributed by atoms with Gasteiger partial charge in [0.15, 0.2) is 6.29 Å². The zero-order valence-corrected chi connectivity index (χ0v) is 12.4. The van der Waals surface area contributed by atoms with Crippen molar-refractivity contribution in [3.05, 3.63) is 35.4 Å². The lowest BCUT2D eigenvalue weighted by Crippen LogP contribution is -2.17. The first-order valence-corrected chi connectivity index (χ1v) is 7.63. The van der Waals surface area contributed by atoms with Crippen LogP contribution in [0.1, 0.15) is 41.6 Å². The highest BCUT2D eigenvalue weighted by molar-refractivity contribution is 5.89. The molecule has 6 heteroatoms. The fraction of sp³-hybridized carbons (Fsp3) is 0.562. The molecule has 2 unspecified atom stereocenters. The number of benzene rings is 1. The van der Waals surface area contributed by atoms with E-state index in [0.29, 0.717) is 18.8 Å². The quantitative estimate of drug-likeness (QED) is 0.457. The molecule has 6 nitrogen and oxygen atoms in total. The number of hydrogen-bond acceptors (Lipinski definition) is 6. The van der Waals surface area contributed by atoms with Crippen LogP contribution < -0.4 is 0 Å². The van der Waals surface area contributed by atoms with Gasteiger partial charge < -0.3 is 14.2 Å². The van der Waals surface area contributed by atoms with Crippen LogP contribution in [0.2, 0.25) is 0 Å². The first-order valence-electron chi connectivity index (χ1n) is 7.63. The van der Waals surface area contributed by atoms with E-state index >= 15 is 0 Å². The van der Waals surface area contributed by atoms with Gasteiger partial charge in [-0.1, -0.05) is 12.1 Å². The molecule has 0 amide bonds. The second-order valence-electron chi connectivity index (χ2n) is 5.35. The molecule has 1 aromatic rings. The molecule has 22 heavy (non-hydrogen) atoms. The molecule has 1 aromatic carbocycles. The van der Waals surface area contributed by atoms with Crippen molar-refractivity contribution in [2.75, 3.05) is 13.2 Å². The van der Waals surface area contributed by atoms with E-state index in [2.05, 4.69) is 0 Å². The van der Waals surface area contributed by atoms with Crippen LogP contribution in [0.15, 0.2) is 24.3 Å². The van der Waals surface area contributed by atoms with Crippen molar-refractivity contribution in [3.8, 4) is 0 Å². The van der Waals surface area contributed by atoms with Crippen molar-refractivity contribution in [1.82, 2.24) is 0 Å². The summed E-state index contributed by atoms with van der Waals surface area (Å²) in [7, 11) is 0. The Morgan fingerprint density at radius 3 is 2.64 bits per heavy atom. The Kier molecular flexibility index (Phi) is 5.39. The van der Waals surface area contributed by atoms with E-state index in [1.807, 2.05) is 6.07 Å². The average Bonchev–Trinajstić information content (AvgIpc) is 3.21. The monoisotopic (exact) mass is 308 g/mol. The van der Waals surface area contributed by atoms with Crippen LogP contribution in [0.4, 0.5) is 0 Å². The Bertz CT molecular complexity index is 491. The molecule has 3 rings (SSSR count). The number of hydrogen-bond donors (Lipinski definition) is 0. The Morgan fingerprint density at radius 2 is 1.91 bits per heavy atom. The van der Waals surface area contributed by atoms with Crippen LogP contribution in [0.5, 0.6) is 0 Å². The predicted octanol–water partition coefficient (Wildman–Crippen LogP) is 2.56. The summed E-state index contributed by atoms with van der Waals surface area (Å²) in [6.45, 7) is 1.60. The van der Waals surface area contributed by atoms with E-state index in [1.165, 1.54) is 0 Å². The van der Waals surface area contributed by atoms with Crippen LogP contribution >= 0.6 is 0 Å². The standard InChI is InChI=1S/C16H20O6/c17-16(21-14-6-2-8-18-14)13-5-1-4-12(10-13)11-20-22-15-7-3-9-19-15/h1,4-5,10,14-15H,2-3,6-9,11H2. The smallest absolute Gasteiger partial charge is 0.340 e. The Balaban J connectivity index is 1.49. The summed E-state index contributed by atoms with van der Waals surface area (Å²) in [6.07, 6.45) is 2.80. The zero-order chi connectivity index (χ0) is 15.2. The predicted molar refractivity (Wildman–Crippen MR) is 75.7 cm³/mol. The Hall–Kier alpha value is -1.47. The molecule has 0 spiro atoms. The summed E-state index contributed by atoms with van der Waals surface area (Å²) in [5, 5.41) is 0. The Morgan fingerprint density at radius 1 is 1.14 bits per heavy atom. The molecular weight excluding hydrogens is 288 g/mol. The maximum Gasteiger partial charge on any atom is 0.340 e. The van der Waals surface area contributed by atoms with Crippen LogP contribution in [0.3, 0.4) is 0 Å². The highest BCUT2D eigenvalue weighted by atomic mass is 17.2. The first-order chi connectivity index (χ1) is 10.8. The summed E-state index contributed by atoms with van der Waals surface area (Å²) in [5.41, 5.74) is 1.31. The normalized spacial score (nSPS) is 24.5. The molecule has 2 heterocycles. The van der Waals surface area contributed by atoms with Gasteiger partial charge in [-0.25, -0.2) is 14.6 Å². The summed E-state index contributed by atoms with van der Waals surface area (Å²) in [5.74, 6) is -0.381. The average molecular weight is 308 g/mol. The molecule has 0 bridgehead atoms. The maximum atomic E-state index is 12.0.